The fourth-order valence-electron chi connectivity index (χ4n) is 2.24. The molecule has 2 atom stereocenters. The lowest BCUT2D eigenvalue weighted by Crippen LogP contribution is -2.39. The quantitative estimate of drug-likeness (QED) is 0.862. The van der Waals surface area contributed by atoms with Gasteiger partial charge in [0.25, 0.3) is 5.91 Å². The molecule has 1 aromatic heterocycles. The van der Waals surface area contributed by atoms with Gasteiger partial charge in [0.15, 0.2) is 0 Å². The highest BCUT2D eigenvalue weighted by atomic mass is 32.2. The lowest BCUT2D eigenvalue weighted by atomic mass is 10.2. The van der Waals surface area contributed by atoms with E-state index < -0.39 is 0 Å². The summed E-state index contributed by atoms with van der Waals surface area (Å²) in [5.41, 5.74) is 5.82. The predicted molar refractivity (Wildman–Crippen MR) is 73.5 cm³/mol. The fourth-order valence-corrected chi connectivity index (χ4v) is 3.44. The highest BCUT2D eigenvalue weighted by molar-refractivity contribution is 7.99. The van der Waals surface area contributed by atoms with Crippen molar-refractivity contribution in [3.8, 4) is 0 Å². The van der Waals surface area contributed by atoms with E-state index in [1.54, 1.807) is 0 Å². The third kappa shape index (κ3) is 3.13. The van der Waals surface area contributed by atoms with Gasteiger partial charge in [-0.15, -0.1) is 0 Å². The summed E-state index contributed by atoms with van der Waals surface area (Å²) in [6, 6.07) is 0.241. The van der Waals surface area contributed by atoms with E-state index in [9.17, 15) is 4.79 Å². The Kier molecular flexibility index (Phi) is 4.41. The van der Waals surface area contributed by atoms with Crippen molar-refractivity contribution in [1.29, 1.82) is 0 Å². The van der Waals surface area contributed by atoms with Crippen molar-refractivity contribution in [2.45, 2.75) is 37.5 Å². The smallest absolute Gasteiger partial charge is 0.271 e. The third-order valence-corrected chi connectivity index (χ3v) is 4.36. The molecule has 0 aliphatic heterocycles. The first-order chi connectivity index (χ1) is 8.70. The number of nitrogens with two attached hydrogens (primary N) is 1. The van der Waals surface area contributed by atoms with E-state index in [1.165, 1.54) is 25.2 Å². The lowest BCUT2D eigenvalue weighted by Gasteiger charge is -2.19. The normalized spacial score (nSPS) is 22.9. The maximum atomic E-state index is 12.0. The fraction of sp³-hybridized carbons (Fsp3) is 0.583. The van der Waals surface area contributed by atoms with Crippen molar-refractivity contribution in [2.24, 2.45) is 0 Å². The maximum absolute atomic E-state index is 12.0. The van der Waals surface area contributed by atoms with Gasteiger partial charge in [-0.25, -0.2) is 4.98 Å². The molecule has 2 unspecified atom stereocenters. The first kappa shape index (κ1) is 13.1. The molecule has 5 nitrogen and oxygen atoms in total. The summed E-state index contributed by atoms with van der Waals surface area (Å²) in [5.74, 6) is 1.17. The number of nitrogens with zero attached hydrogens (tertiary/aromatic N) is 2. The number of anilines is 1. The van der Waals surface area contributed by atoms with E-state index in [2.05, 4.69) is 22.2 Å². The Morgan fingerprint density at radius 2 is 2.39 bits per heavy atom. The number of nitrogen functional groups attached to an aromatic ring is 1. The van der Waals surface area contributed by atoms with Gasteiger partial charge in [0.05, 0.1) is 12.4 Å². The Labute approximate surface area is 111 Å². The van der Waals surface area contributed by atoms with E-state index in [0.717, 1.165) is 12.2 Å². The molecule has 1 heterocycles. The van der Waals surface area contributed by atoms with Crippen LogP contribution in [0.4, 0.5) is 5.82 Å². The molecule has 0 bridgehead atoms. The molecule has 6 heteroatoms. The van der Waals surface area contributed by atoms with Gasteiger partial charge in [-0.3, -0.25) is 9.78 Å². The minimum absolute atomic E-state index is 0.177. The zero-order chi connectivity index (χ0) is 13.0. The second-order valence-corrected chi connectivity index (χ2v) is 5.85. The van der Waals surface area contributed by atoms with Crippen LogP contribution in [0.3, 0.4) is 0 Å². The molecule has 1 amide bonds. The molecule has 98 valence electrons. The van der Waals surface area contributed by atoms with E-state index in [1.807, 2.05) is 11.8 Å². The molecule has 0 saturated heterocycles. The van der Waals surface area contributed by atoms with E-state index in [0.29, 0.717) is 10.9 Å². The van der Waals surface area contributed by atoms with E-state index >= 15 is 0 Å². The van der Waals surface area contributed by atoms with E-state index in [4.69, 9.17) is 5.73 Å². The summed E-state index contributed by atoms with van der Waals surface area (Å²) in [6.07, 6.45) is 6.27. The van der Waals surface area contributed by atoms with Gasteiger partial charge in [-0.2, -0.15) is 11.8 Å². The Morgan fingerprint density at radius 1 is 1.56 bits per heavy atom. The van der Waals surface area contributed by atoms with Crippen LogP contribution in [0.2, 0.25) is 0 Å². The minimum atomic E-state index is -0.177. The van der Waals surface area contributed by atoms with Gasteiger partial charge in [0.2, 0.25) is 0 Å². The van der Waals surface area contributed by atoms with Gasteiger partial charge in [-0.1, -0.05) is 13.3 Å². The molecule has 1 aliphatic rings. The van der Waals surface area contributed by atoms with Gasteiger partial charge in [0, 0.05) is 11.3 Å². The molecule has 0 radical (unpaired) electrons. The topological polar surface area (TPSA) is 80.9 Å². The second kappa shape index (κ2) is 6.04. The van der Waals surface area contributed by atoms with Crippen molar-refractivity contribution in [2.75, 3.05) is 11.5 Å². The molecule has 0 aromatic carbocycles. The van der Waals surface area contributed by atoms with Crippen molar-refractivity contribution in [1.82, 2.24) is 15.3 Å². The molecule has 1 aliphatic carbocycles. The molecular weight excluding hydrogens is 248 g/mol. The Morgan fingerprint density at radius 3 is 3.11 bits per heavy atom. The van der Waals surface area contributed by atoms with Crippen LogP contribution in [0.1, 0.15) is 36.7 Å². The number of carbonyl (C=O) groups excluding carboxylic acids is 1. The number of nitrogens with one attached hydrogen (secondary N) is 1. The zero-order valence-electron chi connectivity index (χ0n) is 10.4. The van der Waals surface area contributed by atoms with Crippen LogP contribution >= 0.6 is 11.8 Å². The summed E-state index contributed by atoms with van der Waals surface area (Å²) >= 11 is 1.91. The summed E-state index contributed by atoms with van der Waals surface area (Å²) in [6.45, 7) is 2.14. The first-order valence-corrected chi connectivity index (χ1v) is 7.25. The Hall–Kier alpha value is -1.30. The average molecular weight is 266 g/mol. The summed E-state index contributed by atoms with van der Waals surface area (Å²) < 4.78 is 0. The Bertz CT molecular complexity index is 426. The molecule has 0 spiro atoms. The molecule has 3 N–H and O–H groups in total. The van der Waals surface area contributed by atoms with Crippen LogP contribution in [0, 0.1) is 0 Å². The number of carbonyl (C=O) groups is 1. The van der Waals surface area contributed by atoms with Crippen molar-refractivity contribution in [3.05, 3.63) is 18.1 Å². The Balaban J connectivity index is 1.98. The van der Waals surface area contributed by atoms with Gasteiger partial charge in [0.1, 0.15) is 11.5 Å². The van der Waals surface area contributed by atoms with Crippen LogP contribution in [0.25, 0.3) is 0 Å². The van der Waals surface area contributed by atoms with Crippen LogP contribution in [0.15, 0.2) is 12.4 Å². The summed E-state index contributed by atoms with van der Waals surface area (Å²) in [5, 5.41) is 3.56. The molecule has 1 fully saturated rings. The second-order valence-electron chi connectivity index (χ2n) is 4.33. The number of aromatic nitrogens is 2. The highest BCUT2D eigenvalue weighted by Crippen LogP contribution is 2.29. The van der Waals surface area contributed by atoms with E-state index in [-0.39, 0.29) is 17.8 Å². The maximum Gasteiger partial charge on any atom is 0.271 e. The first-order valence-electron chi connectivity index (χ1n) is 6.20. The van der Waals surface area contributed by atoms with Crippen molar-refractivity contribution >= 4 is 23.5 Å². The molecule has 1 saturated carbocycles. The monoisotopic (exact) mass is 266 g/mol. The predicted octanol–water partition coefficient (Wildman–Crippen LogP) is 1.46. The lowest BCUT2D eigenvalue weighted by molar-refractivity contribution is 0.0933. The number of amides is 1. The number of hydrogen-bond acceptors (Lipinski definition) is 5. The summed E-state index contributed by atoms with van der Waals surface area (Å²) in [7, 11) is 0. The number of rotatable bonds is 4. The van der Waals surface area contributed by atoms with Crippen LogP contribution in [0.5, 0.6) is 0 Å². The molecular formula is C12H18N4OS. The zero-order valence-corrected chi connectivity index (χ0v) is 11.2. The minimum Gasteiger partial charge on any atom is -0.382 e. The number of thioether (sulfide) groups is 1. The van der Waals surface area contributed by atoms with Gasteiger partial charge < -0.3 is 11.1 Å². The average Bonchev–Trinajstić information content (AvgIpc) is 2.77. The number of hydrogen-bond donors (Lipinski definition) is 2. The van der Waals surface area contributed by atoms with Crippen LogP contribution in [-0.2, 0) is 0 Å². The largest absolute Gasteiger partial charge is 0.382 e. The van der Waals surface area contributed by atoms with Gasteiger partial charge in [-0.05, 0) is 18.6 Å². The van der Waals surface area contributed by atoms with Crippen molar-refractivity contribution in [3.63, 3.8) is 0 Å². The SMILES string of the molecule is CCSC1CCCC1NC(=O)c1cncc(N)n1. The van der Waals surface area contributed by atoms with Gasteiger partial charge >= 0.3 is 0 Å². The van der Waals surface area contributed by atoms with Crippen LogP contribution in [-0.4, -0.2) is 32.9 Å². The molecule has 18 heavy (non-hydrogen) atoms. The third-order valence-electron chi connectivity index (χ3n) is 3.04. The molecule has 2 rings (SSSR count). The summed E-state index contributed by atoms with van der Waals surface area (Å²) in [4.78, 5) is 19.9. The highest BCUT2D eigenvalue weighted by Gasteiger charge is 2.28. The van der Waals surface area contributed by atoms with Crippen molar-refractivity contribution < 1.29 is 4.79 Å². The standard InChI is InChI=1S/C12H18N4OS/c1-2-18-10-5-3-4-8(10)16-12(17)9-6-14-7-11(13)15-9/h6-8,10H,2-5H2,1H3,(H2,13,15)(H,16,17). The molecule has 1 aromatic rings. The van der Waals surface area contributed by atoms with Crippen LogP contribution < -0.4 is 11.1 Å².